The highest BCUT2D eigenvalue weighted by Gasteiger charge is 2.39. The van der Waals surface area contributed by atoms with Crippen LogP contribution in [-0.2, 0) is 0 Å². The summed E-state index contributed by atoms with van der Waals surface area (Å²) in [5, 5.41) is 31.8. The van der Waals surface area contributed by atoms with Crippen molar-refractivity contribution in [2.75, 3.05) is 13.2 Å². The lowest BCUT2D eigenvalue weighted by Gasteiger charge is -2.42. The van der Waals surface area contributed by atoms with Crippen molar-refractivity contribution in [3.05, 3.63) is 30.1 Å². The third-order valence-electron chi connectivity index (χ3n) is 3.26. The van der Waals surface area contributed by atoms with Gasteiger partial charge in [-0.15, -0.1) is 0 Å². The highest BCUT2D eigenvalue weighted by molar-refractivity contribution is 5.12. The Labute approximate surface area is 100 Å². The molecular formula is C12H18N2O3. The molecule has 0 aromatic carbocycles. The number of rotatable bonds is 3. The summed E-state index contributed by atoms with van der Waals surface area (Å²) in [7, 11) is 0. The molecule has 94 valence electrons. The molecule has 0 aliphatic carbocycles. The van der Waals surface area contributed by atoms with E-state index in [-0.39, 0.29) is 19.3 Å². The van der Waals surface area contributed by atoms with Crippen LogP contribution >= 0.6 is 0 Å². The van der Waals surface area contributed by atoms with Crippen LogP contribution in [0.5, 0.6) is 0 Å². The van der Waals surface area contributed by atoms with Crippen LogP contribution in [0.3, 0.4) is 0 Å². The molecular weight excluding hydrogens is 220 g/mol. The predicted molar refractivity (Wildman–Crippen MR) is 62.3 cm³/mol. The van der Waals surface area contributed by atoms with Gasteiger partial charge in [-0.05, 0) is 25.0 Å². The third kappa shape index (κ3) is 2.63. The maximum absolute atomic E-state index is 9.85. The van der Waals surface area contributed by atoms with Gasteiger partial charge in [-0.25, -0.2) is 0 Å². The lowest BCUT2D eigenvalue weighted by atomic mass is 9.84. The molecule has 2 rings (SSSR count). The van der Waals surface area contributed by atoms with Gasteiger partial charge >= 0.3 is 0 Å². The third-order valence-corrected chi connectivity index (χ3v) is 3.26. The number of aliphatic hydroxyl groups is 3. The van der Waals surface area contributed by atoms with E-state index >= 15 is 0 Å². The molecule has 0 bridgehead atoms. The Bertz CT molecular complexity index is 354. The van der Waals surface area contributed by atoms with Crippen LogP contribution in [0.4, 0.5) is 0 Å². The minimum atomic E-state index is -0.820. The topological polar surface area (TPSA) is 85.6 Å². The highest BCUT2D eigenvalue weighted by Crippen LogP contribution is 2.30. The van der Waals surface area contributed by atoms with E-state index in [9.17, 15) is 15.3 Å². The molecule has 17 heavy (non-hydrogen) atoms. The highest BCUT2D eigenvalue weighted by atomic mass is 16.3. The van der Waals surface area contributed by atoms with Crippen LogP contribution in [0.1, 0.15) is 24.6 Å². The van der Waals surface area contributed by atoms with E-state index in [1.54, 1.807) is 6.20 Å². The van der Waals surface area contributed by atoms with E-state index in [0.717, 1.165) is 5.69 Å². The number of nitrogens with one attached hydrogen (secondary N) is 1. The van der Waals surface area contributed by atoms with E-state index < -0.39 is 11.6 Å². The number of hydrogen-bond acceptors (Lipinski definition) is 5. The average Bonchev–Trinajstić information content (AvgIpc) is 2.39. The van der Waals surface area contributed by atoms with Crippen molar-refractivity contribution >= 4 is 0 Å². The smallest absolute Gasteiger partial charge is 0.0678 e. The first kappa shape index (κ1) is 12.4. The molecule has 2 heterocycles. The molecule has 0 spiro atoms. The zero-order valence-corrected chi connectivity index (χ0v) is 9.58. The summed E-state index contributed by atoms with van der Waals surface area (Å²) in [6.45, 7) is -0.409. The lowest BCUT2D eigenvalue weighted by molar-refractivity contribution is -0.00663. The van der Waals surface area contributed by atoms with Crippen molar-refractivity contribution in [3.63, 3.8) is 0 Å². The first-order valence-electron chi connectivity index (χ1n) is 5.77. The quantitative estimate of drug-likeness (QED) is 0.575. The van der Waals surface area contributed by atoms with Crippen LogP contribution in [0.15, 0.2) is 24.4 Å². The Hall–Kier alpha value is -1.01. The van der Waals surface area contributed by atoms with E-state index in [1.807, 2.05) is 18.2 Å². The normalized spacial score (nSPS) is 27.9. The van der Waals surface area contributed by atoms with Crippen LogP contribution in [0.25, 0.3) is 0 Å². The number of aliphatic hydroxyl groups excluding tert-OH is 3. The van der Waals surface area contributed by atoms with Crippen molar-refractivity contribution in [2.24, 2.45) is 0 Å². The number of hydrogen-bond donors (Lipinski definition) is 4. The number of pyridine rings is 1. The monoisotopic (exact) mass is 238 g/mol. The molecule has 1 aromatic heterocycles. The molecule has 0 radical (unpaired) electrons. The van der Waals surface area contributed by atoms with E-state index in [2.05, 4.69) is 10.3 Å². The van der Waals surface area contributed by atoms with Gasteiger partial charge in [0, 0.05) is 6.20 Å². The Morgan fingerprint density at radius 3 is 2.71 bits per heavy atom. The van der Waals surface area contributed by atoms with Crippen molar-refractivity contribution in [3.8, 4) is 0 Å². The van der Waals surface area contributed by atoms with Gasteiger partial charge < -0.3 is 15.3 Å². The molecule has 1 aliphatic heterocycles. The maximum Gasteiger partial charge on any atom is 0.0678 e. The Morgan fingerprint density at radius 2 is 2.12 bits per heavy atom. The van der Waals surface area contributed by atoms with E-state index in [1.165, 1.54) is 0 Å². The van der Waals surface area contributed by atoms with Gasteiger partial charge in [-0.3, -0.25) is 10.3 Å². The van der Waals surface area contributed by atoms with Gasteiger partial charge in [0.1, 0.15) is 0 Å². The SMILES string of the molecule is OCC1(CO)C[C@@H](O)C[C@@H](c2ccccn2)N1. The summed E-state index contributed by atoms with van der Waals surface area (Å²) in [5.74, 6) is 0. The number of piperidine rings is 1. The van der Waals surface area contributed by atoms with Crippen molar-refractivity contribution < 1.29 is 15.3 Å². The van der Waals surface area contributed by atoms with Crippen molar-refractivity contribution in [2.45, 2.75) is 30.5 Å². The largest absolute Gasteiger partial charge is 0.394 e. The van der Waals surface area contributed by atoms with E-state index in [0.29, 0.717) is 12.8 Å². The summed E-state index contributed by atoms with van der Waals surface area (Å²) in [6.07, 6.45) is 2.04. The summed E-state index contributed by atoms with van der Waals surface area (Å²) in [4.78, 5) is 4.23. The maximum atomic E-state index is 9.85. The first-order chi connectivity index (χ1) is 8.19. The Morgan fingerprint density at radius 1 is 1.35 bits per heavy atom. The average molecular weight is 238 g/mol. The molecule has 1 aromatic rings. The van der Waals surface area contributed by atoms with Crippen molar-refractivity contribution in [1.82, 2.24) is 10.3 Å². The van der Waals surface area contributed by atoms with Crippen LogP contribution in [-0.4, -0.2) is 45.2 Å². The Balaban J connectivity index is 2.19. The number of aromatic nitrogens is 1. The predicted octanol–water partition coefficient (Wildman–Crippen LogP) is -0.410. The molecule has 0 amide bonds. The van der Waals surface area contributed by atoms with Gasteiger partial charge in [-0.1, -0.05) is 6.07 Å². The molecule has 4 N–H and O–H groups in total. The zero-order valence-electron chi connectivity index (χ0n) is 9.58. The molecule has 1 fully saturated rings. The first-order valence-corrected chi connectivity index (χ1v) is 5.77. The summed E-state index contributed by atoms with van der Waals surface area (Å²) < 4.78 is 0. The lowest BCUT2D eigenvalue weighted by Crippen LogP contribution is -2.58. The second-order valence-corrected chi connectivity index (χ2v) is 4.64. The minimum Gasteiger partial charge on any atom is -0.394 e. The van der Waals surface area contributed by atoms with Gasteiger partial charge in [-0.2, -0.15) is 0 Å². The fourth-order valence-corrected chi connectivity index (χ4v) is 2.34. The van der Waals surface area contributed by atoms with Crippen LogP contribution in [0, 0.1) is 0 Å². The van der Waals surface area contributed by atoms with Gasteiger partial charge in [0.25, 0.3) is 0 Å². The van der Waals surface area contributed by atoms with Crippen molar-refractivity contribution in [1.29, 1.82) is 0 Å². The fourth-order valence-electron chi connectivity index (χ4n) is 2.34. The molecule has 0 saturated carbocycles. The molecule has 2 atom stereocenters. The van der Waals surface area contributed by atoms with Crippen LogP contribution in [0.2, 0.25) is 0 Å². The molecule has 0 unspecified atom stereocenters. The second-order valence-electron chi connectivity index (χ2n) is 4.64. The summed E-state index contributed by atoms with van der Waals surface area (Å²) in [6, 6.07) is 5.44. The zero-order chi connectivity index (χ0) is 12.3. The molecule has 5 heteroatoms. The summed E-state index contributed by atoms with van der Waals surface area (Å²) >= 11 is 0. The van der Waals surface area contributed by atoms with E-state index in [4.69, 9.17) is 0 Å². The molecule has 1 aliphatic rings. The Kier molecular flexibility index (Phi) is 3.73. The molecule has 5 nitrogen and oxygen atoms in total. The second kappa shape index (κ2) is 5.10. The van der Waals surface area contributed by atoms with Gasteiger partial charge in [0.2, 0.25) is 0 Å². The minimum absolute atomic E-state index is 0.140. The van der Waals surface area contributed by atoms with Gasteiger partial charge in [0.05, 0.1) is 36.6 Å². The molecule has 1 saturated heterocycles. The fraction of sp³-hybridized carbons (Fsp3) is 0.583. The van der Waals surface area contributed by atoms with Crippen LogP contribution < -0.4 is 5.32 Å². The van der Waals surface area contributed by atoms with Gasteiger partial charge in [0.15, 0.2) is 0 Å². The standard InChI is InChI=1S/C12H18N2O3/c15-7-12(8-16)6-9(17)5-11(14-12)10-3-1-2-4-13-10/h1-4,9,11,14-17H,5-8H2/t9-,11-/m0/s1. The number of nitrogens with zero attached hydrogens (tertiary/aromatic N) is 1. The summed E-state index contributed by atoms with van der Waals surface area (Å²) in [5.41, 5.74) is -0.00244.